The molecule has 0 aliphatic carbocycles. The lowest BCUT2D eigenvalue weighted by Crippen LogP contribution is -2.57. The number of aryl methyl sites for hydroxylation is 5. The first-order valence-corrected chi connectivity index (χ1v) is 42.0. The predicted octanol–water partition coefficient (Wildman–Crippen LogP) is 11.6. The van der Waals surface area contributed by atoms with Gasteiger partial charge in [0.2, 0.25) is 35.4 Å². The van der Waals surface area contributed by atoms with E-state index in [1.165, 1.54) is 0 Å². The number of carbonyl (C=O) groups is 6. The standard InChI is InChI=1S/C82H103Cl2N15O12S3/c1-49-53(5)113-80-70(49)72(58-21-25-61(83)26-22-58)89-63(76-94-92-55(7)98(76)80)46-67(101)85-29-34-106-38-42-110-44-40-108-36-32-96(69(103)16-12-15-66(100)91-75(82(9,10)11)79(105)97-31-13-14-65(97)78(104)88-51(3)57-17-19-60(20-18-57)74-52(4)87-48-112-74)33-37-109-41-45-111-43-39-107-35-30-86-68(102)47-64-77-95-93-56(8)99(77)81-71(50(2)54(6)114-81)73(90-64)59-23-27-62(84)28-24-59/h17-28,48,51,63-65,75H,12-16,29-47H2,1-11H3,(H,85,101)(H,86,102)(H,88,104)(H,91,100)/t51-,63-,64-,65-,75+/m0/s1. The van der Waals surface area contributed by atoms with Crippen LogP contribution in [0.4, 0.5) is 0 Å². The van der Waals surface area contributed by atoms with Gasteiger partial charge >= 0.3 is 0 Å². The van der Waals surface area contributed by atoms with Crippen LogP contribution >= 0.6 is 57.2 Å². The van der Waals surface area contributed by atoms with Crippen molar-refractivity contribution in [1.82, 2.24) is 65.6 Å². The zero-order chi connectivity index (χ0) is 81.2. The Hall–Kier alpha value is -8.53. The average molecular weight is 1660 g/mol. The summed E-state index contributed by atoms with van der Waals surface area (Å²) in [6, 6.07) is 20.0. The predicted molar refractivity (Wildman–Crippen MR) is 442 cm³/mol. The van der Waals surface area contributed by atoms with E-state index in [0.717, 1.165) is 86.3 Å². The van der Waals surface area contributed by atoms with Gasteiger partial charge in [-0.2, -0.15) is 0 Å². The molecular formula is C82H103Cl2N15O12S3. The zero-order valence-electron chi connectivity index (χ0n) is 66.7. The Labute approximate surface area is 687 Å². The fourth-order valence-electron chi connectivity index (χ4n) is 13.9. The third-order valence-corrected chi connectivity index (χ3v) is 24.2. The molecule has 8 heterocycles. The molecule has 3 aliphatic heterocycles. The second-order valence-corrected chi connectivity index (χ2v) is 33.6. The van der Waals surface area contributed by atoms with Gasteiger partial charge in [0, 0.05) is 87.6 Å². The minimum absolute atomic E-state index is 0.0169. The molecule has 11 rings (SSSR count). The molecule has 4 N–H and O–H groups in total. The number of likely N-dealkylation sites (tertiary alicyclic amines) is 1. The van der Waals surface area contributed by atoms with Crippen molar-refractivity contribution in [2.24, 2.45) is 15.4 Å². The van der Waals surface area contributed by atoms with Gasteiger partial charge in [-0.1, -0.05) is 92.5 Å². The molecule has 114 heavy (non-hydrogen) atoms. The summed E-state index contributed by atoms with van der Waals surface area (Å²) in [6.07, 6.45) is 1.47. The van der Waals surface area contributed by atoms with E-state index >= 15 is 0 Å². The van der Waals surface area contributed by atoms with Crippen molar-refractivity contribution in [3.63, 3.8) is 0 Å². The molecule has 610 valence electrons. The van der Waals surface area contributed by atoms with Crippen LogP contribution in [-0.2, 0) is 57.2 Å². The van der Waals surface area contributed by atoms with Crippen molar-refractivity contribution < 1.29 is 57.2 Å². The van der Waals surface area contributed by atoms with Crippen molar-refractivity contribution in [3.05, 3.63) is 166 Å². The van der Waals surface area contributed by atoms with E-state index in [0.29, 0.717) is 52.7 Å². The van der Waals surface area contributed by atoms with Crippen molar-refractivity contribution in [2.45, 2.75) is 151 Å². The Bertz CT molecular complexity index is 4500. The van der Waals surface area contributed by atoms with E-state index in [4.69, 9.17) is 61.6 Å². The molecule has 3 aromatic carbocycles. The minimum atomic E-state index is -0.931. The maximum absolute atomic E-state index is 14.5. The number of carbonyl (C=O) groups excluding carboxylic acids is 6. The normalized spacial score (nSPS) is 15.7. The van der Waals surface area contributed by atoms with Crippen LogP contribution < -0.4 is 21.3 Å². The number of nitrogens with one attached hydrogen (secondary N) is 4. The zero-order valence-corrected chi connectivity index (χ0v) is 70.6. The molecule has 1 fully saturated rings. The molecule has 8 aromatic rings. The lowest BCUT2D eigenvalue weighted by atomic mass is 9.85. The van der Waals surface area contributed by atoms with E-state index < -0.39 is 29.6 Å². The van der Waals surface area contributed by atoms with Gasteiger partial charge in [-0.25, -0.2) is 4.98 Å². The number of hydrogen-bond donors (Lipinski definition) is 4. The fourth-order valence-corrected chi connectivity index (χ4v) is 17.4. The fraction of sp³-hybridized carbons (Fsp3) is 0.500. The van der Waals surface area contributed by atoms with Gasteiger partial charge in [-0.05, 0) is 127 Å². The molecule has 5 atom stereocenters. The van der Waals surface area contributed by atoms with Gasteiger partial charge in [-0.15, -0.1) is 54.4 Å². The number of halogens is 2. The first-order valence-electron chi connectivity index (χ1n) is 38.8. The number of fused-ring (bicyclic) bond motifs is 6. The van der Waals surface area contributed by atoms with Gasteiger partial charge in [-0.3, -0.25) is 47.9 Å². The van der Waals surface area contributed by atoms with Crippen LogP contribution in [0.25, 0.3) is 20.4 Å². The average Bonchev–Trinajstić information content (AvgIpc) is 1.59. The Kier molecular flexibility index (Phi) is 30.9. The molecule has 1 saturated heterocycles. The molecule has 0 radical (unpaired) electrons. The number of amides is 6. The molecule has 0 unspecified atom stereocenters. The number of rotatable bonds is 40. The number of benzene rings is 3. The van der Waals surface area contributed by atoms with Crippen LogP contribution in [0.3, 0.4) is 0 Å². The van der Waals surface area contributed by atoms with E-state index in [2.05, 4.69) is 74.3 Å². The Morgan fingerprint density at radius 2 is 1.03 bits per heavy atom. The molecule has 5 aromatic heterocycles. The summed E-state index contributed by atoms with van der Waals surface area (Å²) in [6.45, 7) is 26.1. The Morgan fingerprint density at radius 1 is 0.570 bits per heavy atom. The number of aromatic nitrogens is 7. The van der Waals surface area contributed by atoms with Crippen molar-refractivity contribution in [2.75, 3.05) is 112 Å². The summed E-state index contributed by atoms with van der Waals surface area (Å²) >= 11 is 17.5. The van der Waals surface area contributed by atoms with Crippen LogP contribution in [0.15, 0.2) is 88.3 Å². The van der Waals surface area contributed by atoms with Gasteiger partial charge in [0.15, 0.2) is 11.6 Å². The quantitative estimate of drug-likeness (QED) is 0.0259. The second kappa shape index (κ2) is 40.8. The first-order chi connectivity index (χ1) is 54.8. The summed E-state index contributed by atoms with van der Waals surface area (Å²) in [4.78, 5) is 105. The Morgan fingerprint density at radius 3 is 1.48 bits per heavy atom. The molecular weight excluding hydrogens is 1550 g/mol. The maximum Gasteiger partial charge on any atom is 0.246 e. The maximum atomic E-state index is 14.5. The molecule has 3 aliphatic rings. The van der Waals surface area contributed by atoms with Crippen molar-refractivity contribution in [1.29, 1.82) is 0 Å². The number of thiazole rings is 1. The molecule has 27 nitrogen and oxygen atoms in total. The SMILES string of the molecule is Cc1ncsc1-c1ccc([C@H](C)NC(=O)[C@@H]2CCCN2C(=O)[C@@H](NC(=O)CCCC(=O)N(CCOCCOCCOCCNC(=O)C[C@@H]2N=C(c3ccc(Cl)cc3)c3c(sc(C)c3C)-n3c(C)nnc32)CCOCCOCCOCCNC(=O)C[C@@H]2N=C(c3ccc(Cl)cc3)c3c(sc(C)c3C)-n3c(C)nnc32)C(C)(C)C)cc1. The second-order valence-electron chi connectivity index (χ2n) is 29.5. The van der Waals surface area contributed by atoms with Gasteiger partial charge in [0.25, 0.3) is 0 Å². The molecule has 0 saturated carbocycles. The third kappa shape index (κ3) is 22.2. The smallest absolute Gasteiger partial charge is 0.246 e. The number of nitrogens with zero attached hydrogens (tertiary/aromatic N) is 11. The van der Waals surface area contributed by atoms with E-state index in [-0.39, 0.29) is 179 Å². The van der Waals surface area contributed by atoms with Crippen LogP contribution in [0, 0.1) is 53.9 Å². The van der Waals surface area contributed by atoms with Gasteiger partial charge in [0.05, 0.1) is 126 Å². The number of ether oxygens (including phenoxy) is 6. The molecule has 32 heteroatoms. The summed E-state index contributed by atoms with van der Waals surface area (Å²) < 4.78 is 39.1. The molecule has 0 spiro atoms. The highest BCUT2D eigenvalue weighted by Gasteiger charge is 2.43. The Balaban J connectivity index is 0.602. The van der Waals surface area contributed by atoms with E-state index in [1.807, 2.05) is 136 Å². The lowest BCUT2D eigenvalue weighted by Gasteiger charge is -2.35. The third-order valence-electron chi connectivity index (χ3n) is 20.3. The first kappa shape index (κ1) is 86.3. The number of hydrogen-bond acceptors (Lipinski definition) is 22. The van der Waals surface area contributed by atoms with Crippen molar-refractivity contribution >= 4 is 104 Å². The summed E-state index contributed by atoms with van der Waals surface area (Å²) in [5, 5.41) is 33.0. The van der Waals surface area contributed by atoms with Crippen LogP contribution in [0.2, 0.25) is 10.0 Å². The van der Waals surface area contributed by atoms with Crippen molar-refractivity contribution in [3.8, 4) is 20.4 Å². The highest BCUT2D eigenvalue weighted by atomic mass is 35.5. The monoisotopic (exact) mass is 1660 g/mol. The summed E-state index contributed by atoms with van der Waals surface area (Å²) in [7, 11) is 0. The largest absolute Gasteiger partial charge is 0.377 e. The highest BCUT2D eigenvalue weighted by Crippen LogP contribution is 2.42. The molecule has 0 bridgehead atoms. The summed E-state index contributed by atoms with van der Waals surface area (Å²) in [5.41, 5.74) is 11.6. The van der Waals surface area contributed by atoms with Crippen LogP contribution in [-0.4, -0.2) is 215 Å². The molecule has 6 amide bonds. The number of thiophene rings is 2. The van der Waals surface area contributed by atoms with Crippen LogP contribution in [0.5, 0.6) is 0 Å². The van der Waals surface area contributed by atoms with E-state index in [1.54, 1.807) is 43.8 Å². The van der Waals surface area contributed by atoms with E-state index in [9.17, 15) is 28.8 Å². The highest BCUT2D eigenvalue weighted by molar-refractivity contribution is 7.15. The van der Waals surface area contributed by atoms with Gasteiger partial charge in [0.1, 0.15) is 45.8 Å². The summed E-state index contributed by atoms with van der Waals surface area (Å²) in [5.74, 6) is 1.01. The van der Waals surface area contributed by atoms with Crippen LogP contribution in [0.1, 0.15) is 168 Å². The van der Waals surface area contributed by atoms with Gasteiger partial charge < -0.3 is 59.5 Å². The number of aliphatic imine (C=N–C) groups is 2. The minimum Gasteiger partial charge on any atom is -0.377 e. The lowest BCUT2D eigenvalue weighted by molar-refractivity contribution is -0.144. The topological polar surface area (TPSA) is 311 Å².